The van der Waals surface area contributed by atoms with Gasteiger partial charge in [-0.05, 0) is 61.1 Å². The van der Waals surface area contributed by atoms with Crippen molar-refractivity contribution in [3.05, 3.63) is 89.2 Å². The summed E-state index contributed by atoms with van der Waals surface area (Å²) in [5.41, 5.74) is 4.23. The molecule has 0 saturated carbocycles. The second-order valence-corrected chi connectivity index (χ2v) is 10.4. The fraction of sp³-hybridized carbons (Fsp3) is 0.323. The number of rotatable bonds is 13. The van der Waals surface area contributed by atoms with Gasteiger partial charge in [0.1, 0.15) is 10.8 Å². The Morgan fingerprint density at radius 1 is 0.974 bits per heavy atom. The van der Waals surface area contributed by atoms with E-state index in [1.165, 1.54) is 37.7 Å². The molecule has 0 N–H and O–H groups in total. The molecule has 0 spiro atoms. The van der Waals surface area contributed by atoms with E-state index in [0.717, 1.165) is 57.6 Å². The Morgan fingerprint density at radius 3 is 2.51 bits per heavy atom. The SMILES string of the molecule is COC(=O)CCCCC(COCc1cccc2sc(-c3cccc(F)c3)nc12)Cc1ccc(C(=O)OC)cc1. The van der Waals surface area contributed by atoms with Gasteiger partial charge in [-0.2, -0.15) is 0 Å². The van der Waals surface area contributed by atoms with Crippen LogP contribution in [0.1, 0.15) is 47.2 Å². The number of ether oxygens (including phenoxy) is 3. The molecule has 8 heteroatoms. The molecule has 0 aliphatic rings. The second kappa shape index (κ2) is 14.0. The number of benzene rings is 3. The summed E-state index contributed by atoms with van der Waals surface area (Å²) in [7, 11) is 2.77. The molecule has 0 fully saturated rings. The van der Waals surface area contributed by atoms with E-state index in [4.69, 9.17) is 19.2 Å². The van der Waals surface area contributed by atoms with Gasteiger partial charge in [0, 0.05) is 17.5 Å². The van der Waals surface area contributed by atoms with Gasteiger partial charge in [0.05, 0.1) is 43.2 Å². The first kappa shape index (κ1) is 28.4. The van der Waals surface area contributed by atoms with Crippen LogP contribution in [0.2, 0.25) is 0 Å². The Morgan fingerprint density at radius 2 is 1.77 bits per heavy atom. The Kier molecular flexibility index (Phi) is 10.2. The zero-order chi connectivity index (χ0) is 27.6. The number of nitrogens with zero attached hydrogens (tertiary/aromatic N) is 1. The molecule has 4 rings (SSSR count). The van der Waals surface area contributed by atoms with Crippen LogP contribution in [0.25, 0.3) is 20.8 Å². The minimum Gasteiger partial charge on any atom is -0.469 e. The summed E-state index contributed by atoms with van der Waals surface area (Å²) in [5.74, 6) is -0.617. The van der Waals surface area contributed by atoms with Crippen LogP contribution in [0.15, 0.2) is 66.7 Å². The van der Waals surface area contributed by atoms with Gasteiger partial charge in [0.15, 0.2) is 0 Å². The number of aromatic nitrogens is 1. The first-order valence-corrected chi connectivity index (χ1v) is 13.7. The van der Waals surface area contributed by atoms with Crippen molar-refractivity contribution < 1.29 is 28.2 Å². The molecule has 0 radical (unpaired) electrons. The van der Waals surface area contributed by atoms with E-state index in [9.17, 15) is 14.0 Å². The number of carbonyl (C=O) groups is 2. The number of halogens is 1. The summed E-state index contributed by atoms with van der Waals surface area (Å²) < 4.78 is 30.5. The van der Waals surface area contributed by atoms with Gasteiger partial charge in [-0.15, -0.1) is 11.3 Å². The normalized spacial score (nSPS) is 11.9. The quantitative estimate of drug-likeness (QED) is 0.132. The molecule has 39 heavy (non-hydrogen) atoms. The van der Waals surface area contributed by atoms with Crippen LogP contribution in [0.5, 0.6) is 0 Å². The maximum Gasteiger partial charge on any atom is 0.337 e. The van der Waals surface area contributed by atoms with Gasteiger partial charge in [-0.3, -0.25) is 4.79 Å². The molecule has 6 nitrogen and oxygen atoms in total. The monoisotopic (exact) mass is 549 g/mol. The minimum absolute atomic E-state index is 0.199. The Balaban J connectivity index is 1.42. The fourth-order valence-corrected chi connectivity index (χ4v) is 5.49. The highest BCUT2D eigenvalue weighted by Crippen LogP contribution is 2.32. The summed E-state index contributed by atoms with van der Waals surface area (Å²) in [5, 5.41) is 0.774. The van der Waals surface area contributed by atoms with Crippen molar-refractivity contribution in [1.82, 2.24) is 4.98 Å². The summed E-state index contributed by atoms with van der Waals surface area (Å²) >= 11 is 1.53. The molecule has 0 amide bonds. The van der Waals surface area contributed by atoms with Crippen LogP contribution < -0.4 is 0 Å². The fourth-order valence-electron chi connectivity index (χ4n) is 4.48. The predicted molar refractivity (Wildman–Crippen MR) is 150 cm³/mol. The second-order valence-electron chi connectivity index (χ2n) is 9.39. The molecule has 1 atom stereocenters. The number of hydrogen-bond donors (Lipinski definition) is 0. The largest absolute Gasteiger partial charge is 0.469 e. The average Bonchev–Trinajstić information content (AvgIpc) is 3.40. The summed E-state index contributed by atoms with van der Waals surface area (Å²) in [6.45, 7) is 0.942. The lowest BCUT2D eigenvalue weighted by molar-refractivity contribution is -0.140. The number of carbonyl (C=O) groups excluding carboxylic acids is 2. The molecule has 0 bridgehead atoms. The van der Waals surface area contributed by atoms with Gasteiger partial charge in [-0.25, -0.2) is 14.2 Å². The molecule has 204 valence electrons. The van der Waals surface area contributed by atoms with Crippen molar-refractivity contribution in [2.45, 2.75) is 38.7 Å². The minimum atomic E-state index is -0.360. The zero-order valence-corrected chi connectivity index (χ0v) is 23.0. The molecule has 3 aromatic carbocycles. The number of esters is 2. The third-order valence-electron chi connectivity index (χ3n) is 6.56. The van der Waals surface area contributed by atoms with E-state index in [0.29, 0.717) is 25.2 Å². The number of methoxy groups -OCH3 is 2. The summed E-state index contributed by atoms with van der Waals surface area (Å²) in [6.07, 6.45) is 3.70. The Hall–Kier alpha value is -3.62. The first-order valence-electron chi connectivity index (χ1n) is 12.9. The van der Waals surface area contributed by atoms with Crippen molar-refractivity contribution in [3.63, 3.8) is 0 Å². The van der Waals surface area contributed by atoms with E-state index in [2.05, 4.69) is 0 Å². The smallest absolute Gasteiger partial charge is 0.337 e. The number of unbranched alkanes of at least 4 members (excludes halogenated alkanes) is 1. The van der Waals surface area contributed by atoms with Crippen molar-refractivity contribution in [2.75, 3.05) is 20.8 Å². The number of para-hydroxylation sites is 1. The van der Waals surface area contributed by atoms with E-state index in [1.807, 2.05) is 36.4 Å². The highest BCUT2D eigenvalue weighted by Gasteiger charge is 2.15. The molecule has 1 heterocycles. The van der Waals surface area contributed by atoms with E-state index in [-0.39, 0.29) is 23.7 Å². The average molecular weight is 550 g/mol. The molecule has 0 aliphatic carbocycles. The Labute approximate surface area is 231 Å². The van der Waals surface area contributed by atoms with E-state index < -0.39 is 0 Å². The lowest BCUT2D eigenvalue weighted by Gasteiger charge is -2.18. The number of thiazole rings is 1. The standard InChI is InChI=1S/C31H32FNO5S/c1-36-28(34)12-4-3-7-22(17-21-13-15-23(16-14-21)31(35)37-2)19-38-20-25-9-6-11-27-29(25)33-30(39-27)24-8-5-10-26(32)18-24/h5-6,8-11,13-16,18,22H,3-4,7,12,17,19-20H2,1-2H3. The van der Waals surface area contributed by atoms with Gasteiger partial charge in [0.2, 0.25) is 0 Å². The third-order valence-corrected chi connectivity index (χ3v) is 7.63. The van der Waals surface area contributed by atoms with Crippen LogP contribution in [0.4, 0.5) is 4.39 Å². The highest BCUT2D eigenvalue weighted by atomic mass is 32.1. The van der Waals surface area contributed by atoms with Crippen molar-refractivity contribution >= 4 is 33.5 Å². The molecule has 1 aromatic heterocycles. The molecule has 0 saturated heterocycles. The topological polar surface area (TPSA) is 74.7 Å². The third kappa shape index (κ3) is 7.94. The lowest BCUT2D eigenvalue weighted by atomic mass is 9.94. The molecule has 1 unspecified atom stereocenters. The lowest BCUT2D eigenvalue weighted by Crippen LogP contribution is -2.14. The van der Waals surface area contributed by atoms with Crippen LogP contribution in [0.3, 0.4) is 0 Å². The van der Waals surface area contributed by atoms with Gasteiger partial charge in [-0.1, -0.05) is 42.8 Å². The van der Waals surface area contributed by atoms with Crippen molar-refractivity contribution in [1.29, 1.82) is 0 Å². The van der Waals surface area contributed by atoms with E-state index in [1.54, 1.807) is 18.2 Å². The molecular formula is C31H32FNO5S. The summed E-state index contributed by atoms with van der Waals surface area (Å²) in [6, 6.07) is 19.9. The number of hydrogen-bond acceptors (Lipinski definition) is 7. The zero-order valence-electron chi connectivity index (χ0n) is 22.2. The predicted octanol–water partition coefficient (Wildman–Crippen LogP) is 7.00. The van der Waals surface area contributed by atoms with Gasteiger partial charge >= 0.3 is 11.9 Å². The van der Waals surface area contributed by atoms with E-state index >= 15 is 0 Å². The maximum absolute atomic E-state index is 13.7. The van der Waals surface area contributed by atoms with Crippen LogP contribution in [-0.4, -0.2) is 37.7 Å². The summed E-state index contributed by atoms with van der Waals surface area (Å²) in [4.78, 5) is 28.1. The first-order chi connectivity index (χ1) is 19.0. The van der Waals surface area contributed by atoms with Crippen LogP contribution in [-0.2, 0) is 32.0 Å². The number of fused-ring (bicyclic) bond motifs is 1. The van der Waals surface area contributed by atoms with Crippen molar-refractivity contribution in [2.24, 2.45) is 5.92 Å². The maximum atomic E-state index is 13.7. The molecule has 0 aliphatic heterocycles. The van der Waals surface area contributed by atoms with Gasteiger partial charge in [0.25, 0.3) is 0 Å². The van der Waals surface area contributed by atoms with Crippen molar-refractivity contribution in [3.8, 4) is 10.6 Å². The molecular weight excluding hydrogens is 517 g/mol. The Bertz CT molecular complexity index is 1400. The molecule has 4 aromatic rings. The highest BCUT2D eigenvalue weighted by molar-refractivity contribution is 7.21. The van der Waals surface area contributed by atoms with Gasteiger partial charge < -0.3 is 14.2 Å². The van der Waals surface area contributed by atoms with Crippen LogP contribution >= 0.6 is 11.3 Å². The van der Waals surface area contributed by atoms with Crippen LogP contribution in [0, 0.1) is 11.7 Å².